The molecule has 1 amide bonds. The molecule has 0 aromatic heterocycles. The molecule has 0 unspecified atom stereocenters. The van der Waals surface area contributed by atoms with Crippen molar-refractivity contribution in [2.45, 2.75) is 39.0 Å². The summed E-state index contributed by atoms with van der Waals surface area (Å²) in [5.41, 5.74) is 1.83. The predicted octanol–water partition coefficient (Wildman–Crippen LogP) is 2.33. The molecule has 1 fully saturated rings. The van der Waals surface area contributed by atoms with Gasteiger partial charge in [0.2, 0.25) is 15.9 Å². The van der Waals surface area contributed by atoms with Crippen LogP contribution >= 0.6 is 0 Å². The second-order valence-electron chi connectivity index (χ2n) is 6.14. The van der Waals surface area contributed by atoms with E-state index in [0.717, 1.165) is 25.2 Å². The van der Waals surface area contributed by atoms with Crippen LogP contribution in [0.2, 0.25) is 0 Å². The van der Waals surface area contributed by atoms with E-state index < -0.39 is 10.0 Å². The zero-order valence-corrected chi connectivity index (χ0v) is 15.1. The summed E-state index contributed by atoms with van der Waals surface area (Å²) in [6, 6.07) is 7.69. The van der Waals surface area contributed by atoms with Crippen molar-refractivity contribution >= 4 is 27.3 Å². The van der Waals surface area contributed by atoms with E-state index in [1.54, 1.807) is 0 Å². The Morgan fingerprint density at radius 1 is 1.12 bits per heavy atom. The van der Waals surface area contributed by atoms with Gasteiger partial charge in [-0.2, -0.15) is 0 Å². The number of sulfonamides is 1. The molecule has 1 aliphatic heterocycles. The Morgan fingerprint density at radius 2 is 1.79 bits per heavy atom. The topological polar surface area (TPSA) is 78.5 Å². The number of piperidine rings is 1. The molecule has 1 aromatic rings. The number of anilines is 2. The average Bonchev–Trinajstić information content (AvgIpc) is 2.60. The molecule has 0 atom stereocenters. The maximum atomic E-state index is 11.9. The molecule has 24 heavy (non-hydrogen) atoms. The van der Waals surface area contributed by atoms with Crippen molar-refractivity contribution in [3.05, 3.63) is 24.3 Å². The summed E-state index contributed by atoms with van der Waals surface area (Å²) in [4.78, 5) is 14.2. The molecule has 0 aliphatic carbocycles. The molecule has 6 nitrogen and oxygen atoms in total. The first-order valence-corrected chi connectivity index (χ1v) is 10.3. The Labute approximate surface area is 144 Å². The largest absolute Gasteiger partial charge is 0.372 e. The van der Waals surface area contributed by atoms with E-state index in [4.69, 9.17) is 0 Å². The van der Waals surface area contributed by atoms with Crippen molar-refractivity contribution in [2.75, 3.05) is 35.6 Å². The molecule has 134 valence electrons. The molecule has 1 aliphatic rings. The van der Waals surface area contributed by atoms with Crippen LogP contribution in [0.25, 0.3) is 0 Å². The van der Waals surface area contributed by atoms with Gasteiger partial charge >= 0.3 is 0 Å². The van der Waals surface area contributed by atoms with Gasteiger partial charge in [0.15, 0.2) is 0 Å². The Kier molecular flexibility index (Phi) is 7.05. The van der Waals surface area contributed by atoms with Crippen molar-refractivity contribution in [1.29, 1.82) is 0 Å². The highest BCUT2D eigenvalue weighted by Crippen LogP contribution is 2.21. The van der Waals surface area contributed by atoms with Gasteiger partial charge in [-0.3, -0.25) is 4.79 Å². The number of hydrogen-bond donors (Lipinski definition) is 2. The van der Waals surface area contributed by atoms with Crippen LogP contribution in [0.15, 0.2) is 24.3 Å². The highest BCUT2D eigenvalue weighted by molar-refractivity contribution is 7.89. The predicted molar refractivity (Wildman–Crippen MR) is 97.8 cm³/mol. The number of amides is 1. The van der Waals surface area contributed by atoms with Gasteiger partial charge in [0.05, 0.1) is 12.3 Å². The van der Waals surface area contributed by atoms with Crippen LogP contribution in [-0.4, -0.2) is 39.7 Å². The van der Waals surface area contributed by atoms with Gasteiger partial charge in [-0.05, 0) is 49.9 Å². The fraction of sp³-hybridized carbons (Fsp3) is 0.588. The van der Waals surface area contributed by atoms with E-state index in [0.29, 0.717) is 12.1 Å². The van der Waals surface area contributed by atoms with Crippen LogP contribution < -0.4 is 14.9 Å². The minimum atomic E-state index is -3.37. The first-order chi connectivity index (χ1) is 11.5. The number of rotatable bonds is 8. The van der Waals surface area contributed by atoms with E-state index in [1.165, 1.54) is 19.3 Å². The molecule has 0 saturated carbocycles. The zero-order valence-electron chi connectivity index (χ0n) is 14.3. The molecule has 2 rings (SSSR count). The first kappa shape index (κ1) is 18.7. The van der Waals surface area contributed by atoms with Gasteiger partial charge in [-0.15, -0.1) is 0 Å². The molecule has 1 aromatic carbocycles. The van der Waals surface area contributed by atoms with E-state index in [1.807, 2.05) is 31.2 Å². The summed E-state index contributed by atoms with van der Waals surface area (Å²) in [7, 11) is -3.37. The van der Waals surface area contributed by atoms with Crippen molar-refractivity contribution in [1.82, 2.24) is 4.72 Å². The van der Waals surface area contributed by atoms with E-state index >= 15 is 0 Å². The molecule has 0 spiro atoms. The normalized spacial score (nSPS) is 15.3. The summed E-state index contributed by atoms with van der Waals surface area (Å²) in [5.74, 6) is -0.304. The molecular weight excluding hydrogens is 326 g/mol. The third-order valence-corrected chi connectivity index (χ3v) is 5.50. The smallest absolute Gasteiger partial charge is 0.239 e. The number of nitrogens with one attached hydrogen (secondary N) is 2. The lowest BCUT2D eigenvalue weighted by atomic mass is 10.1. The maximum Gasteiger partial charge on any atom is 0.239 e. The highest BCUT2D eigenvalue weighted by atomic mass is 32.2. The SMILES string of the molecule is CCCCS(=O)(=O)NCC(=O)Nc1ccc(N2CCCCC2)cc1. The van der Waals surface area contributed by atoms with E-state index in [-0.39, 0.29) is 18.2 Å². The number of carbonyl (C=O) groups excluding carboxylic acids is 1. The minimum absolute atomic E-state index is 0.0569. The Hall–Kier alpha value is -1.60. The Bertz CT molecular complexity index is 623. The van der Waals surface area contributed by atoms with Gasteiger partial charge in [0.1, 0.15) is 0 Å². The lowest BCUT2D eigenvalue weighted by Crippen LogP contribution is -2.34. The van der Waals surface area contributed by atoms with Crippen molar-refractivity contribution in [2.24, 2.45) is 0 Å². The summed E-state index contributed by atoms with van der Waals surface area (Å²) < 4.78 is 25.7. The van der Waals surface area contributed by atoms with Crippen LogP contribution in [0, 0.1) is 0 Å². The number of benzene rings is 1. The zero-order chi connectivity index (χ0) is 17.4. The standard InChI is InChI=1S/C17H27N3O3S/c1-2-3-13-24(22,23)18-14-17(21)19-15-7-9-16(10-8-15)20-11-5-4-6-12-20/h7-10,18H,2-6,11-14H2,1H3,(H,19,21). The maximum absolute atomic E-state index is 11.9. The molecule has 0 radical (unpaired) electrons. The fourth-order valence-electron chi connectivity index (χ4n) is 2.69. The number of carbonyl (C=O) groups is 1. The third-order valence-electron chi connectivity index (χ3n) is 4.09. The minimum Gasteiger partial charge on any atom is -0.372 e. The quantitative estimate of drug-likeness (QED) is 0.752. The third kappa shape index (κ3) is 6.13. The second-order valence-corrected chi connectivity index (χ2v) is 8.06. The van der Waals surface area contributed by atoms with E-state index in [9.17, 15) is 13.2 Å². The van der Waals surface area contributed by atoms with Crippen molar-refractivity contribution in [3.8, 4) is 0 Å². The molecule has 1 saturated heterocycles. The Morgan fingerprint density at radius 3 is 2.42 bits per heavy atom. The molecular formula is C17H27N3O3S. The van der Waals surface area contributed by atoms with Crippen LogP contribution in [0.3, 0.4) is 0 Å². The van der Waals surface area contributed by atoms with Crippen LogP contribution in [0.4, 0.5) is 11.4 Å². The average molecular weight is 353 g/mol. The van der Waals surface area contributed by atoms with Crippen molar-refractivity contribution < 1.29 is 13.2 Å². The second kappa shape index (κ2) is 9.03. The molecule has 7 heteroatoms. The van der Waals surface area contributed by atoms with Gasteiger partial charge in [-0.1, -0.05) is 13.3 Å². The first-order valence-electron chi connectivity index (χ1n) is 8.62. The van der Waals surface area contributed by atoms with Gasteiger partial charge in [0.25, 0.3) is 0 Å². The van der Waals surface area contributed by atoms with Crippen LogP contribution in [0.5, 0.6) is 0 Å². The summed E-state index contributed by atoms with van der Waals surface area (Å²) in [6.45, 7) is 3.84. The monoisotopic (exact) mass is 353 g/mol. The number of hydrogen-bond acceptors (Lipinski definition) is 4. The van der Waals surface area contributed by atoms with Crippen LogP contribution in [-0.2, 0) is 14.8 Å². The van der Waals surface area contributed by atoms with Gasteiger partial charge < -0.3 is 10.2 Å². The lowest BCUT2D eigenvalue weighted by molar-refractivity contribution is -0.115. The number of unbranched alkanes of at least 4 members (excludes halogenated alkanes) is 1. The molecule has 0 bridgehead atoms. The van der Waals surface area contributed by atoms with Crippen LogP contribution in [0.1, 0.15) is 39.0 Å². The van der Waals surface area contributed by atoms with Gasteiger partial charge in [0, 0.05) is 24.5 Å². The molecule has 1 heterocycles. The lowest BCUT2D eigenvalue weighted by Gasteiger charge is -2.28. The highest BCUT2D eigenvalue weighted by Gasteiger charge is 2.13. The summed E-state index contributed by atoms with van der Waals surface area (Å²) in [6.07, 6.45) is 5.12. The fourth-order valence-corrected chi connectivity index (χ4v) is 3.86. The summed E-state index contributed by atoms with van der Waals surface area (Å²) in [5, 5.41) is 2.72. The number of nitrogens with zero attached hydrogens (tertiary/aromatic N) is 1. The van der Waals surface area contributed by atoms with Crippen molar-refractivity contribution in [3.63, 3.8) is 0 Å². The van der Waals surface area contributed by atoms with Gasteiger partial charge in [-0.25, -0.2) is 13.1 Å². The summed E-state index contributed by atoms with van der Waals surface area (Å²) >= 11 is 0. The molecule has 2 N–H and O–H groups in total. The Balaban J connectivity index is 1.81. The van der Waals surface area contributed by atoms with E-state index in [2.05, 4.69) is 14.9 Å².